The molecule has 0 unspecified atom stereocenters. The number of esters is 1. The Morgan fingerprint density at radius 2 is 1.58 bits per heavy atom. The molecular formula is C43H72INO4Sn. The number of allylic oxidation sites excluding steroid dienone is 9. The maximum atomic E-state index is 12.7. The maximum absolute atomic E-state index is 12.7. The number of halogens is 1. The summed E-state index contributed by atoms with van der Waals surface area (Å²) in [5.41, 5.74) is 1.25. The summed E-state index contributed by atoms with van der Waals surface area (Å²) in [6.45, 7) is 23.1. The number of aliphatic hydroxyl groups is 1. The van der Waals surface area contributed by atoms with E-state index >= 15 is 0 Å². The van der Waals surface area contributed by atoms with Crippen LogP contribution in [0, 0.1) is 29.1 Å². The Bertz CT molecular complexity index is 1190. The number of hydrogen-bond donors (Lipinski definition) is 2. The number of aliphatic hydroxyl groups excluding tert-OH is 1. The van der Waals surface area contributed by atoms with E-state index in [-0.39, 0.29) is 17.2 Å². The van der Waals surface area contributed by atoms with Crippen LogP contribution >= 0.6 is 22.6 Å². The molecule has 8 atom stereocenters. The summed E-state index contributed by atoms with van der Waals surface area (Å²) in [5, 5.41) is 14.3. The van der Waals surface area contributed by atoms with Gasteiger partial charge in [-0.1, -0.05) is 12.2 Å². The molecule has 1 rings (SSSR count). The average Bonchev–Trinajstić information content (AvgIpc) is 3.05. The van der Waals surface area contributed by atoms with E-state index in [0.29, 0.717) is 11.8 Å². The second kappa shape index (κ2) is 24.2. The third-order valence-corrected chi connectivity index (χ3v) is 24.9. The van der Waals surface area contributed by atoms with E-state index < -0.39 is 48.5 Å². The number of rotatable bonds is 22. The van der Waals surface area contributed by atoms with E-state index in [9.17, 15) is 14.7 Å². The third kappa shape index (κ3) is 17.1. The number of hydrogen-bond acceptors (Lipinski definition) is 4. The van der Waals surface area contributed by atoms with Crippen molar-refractivity contribution < 1.29 is 19.4 Å². The molecule has 0 radical (unpaired) electrons. The molecule has 0 aliphatic heterocycles. The van der Waals surface area contributed by atoms with Crippen molar-refractivity contribution in [2.24, 2.45) is 29.1 Å². The van der Waals surface area contributed by atoms with Crippen LogP contribution in [-0.2, 0) is 14.3 Å². The van der Waals surface area contributed by atoms with Gasteiger partial charge in [-0.15, -0.1) is 0 Å². The van der Waals surface area contributed by atoms with Crippen molar-refractivity contribution in [3.05, 3.63) is 67.9 Å². The number of unbranched alkanes of at least 4 members (excludes halogenated alkanes) is 3. The Morgan fingerprint density at radius 1 is 1.00 bits per heavy atom. The van der Waals surface area contributed by atoms with Crippen LogP contribution in [0.3, 0.4) is 0 Å². The molecule has 0 aromatic rings. The molecule has 0 spiro atoms. The molecule has 0 heterocycles. The van der Waals surface area contributed by atoms with Gasteiger partial charge < -0.3 is 10.1 Å². The van der Waals surface area contributed by atoms with Gasteiger partial charge in [-0.25, -0.2) is 4.79 Å². The van der Waals surface area contributed by atoms with Crippen molar-refractivity contribution in [1.29, 1.82) is 0 Å². The summed E-state index contributed by atoms with van der Waals surface area (Å²) in [4.78, 5) is 24.6. The third-order valence-electron chi connectivity index (χ3n) is 10.5. The first kappa shape index (κ1) is 46.9. The number of nitrogens with one attached hydrogen (secondary N) is 1. The monoisotopic (exact) mass is 913 g/mol. The molecule has 1 amide bonds. The topological polar surface area (TPSA) is 75.6 Å². The van der Waals surface area contributed by atoms with Gasteiger partial charge in [0.25, 0.3) is 0 Å². The minimum absolute atomic E-state index is 0.0757. The summed E-state index contributed by atoms with van der Waals surface area (Å²) in [6, 6.07) is -0.463. The molecule has 0 aromatic carbocycles. The molecule has 0 fully saturated rings. The Morgan fingerprint density at radius 3 is 2.10 bits per heavy atom. The molecule has 0 saturated carbocycles. The van der Waals surface area contributed by atoms with Gasteiger partial charge in [0.2, 0.25) is 5.91 Å². The van der Waals surface area contributed by atoms with Crippen molar-refractivity contribution in [3.8, 4) is 0 Å². The fourth-order valence-electron chi connectivity index (χ4n) is 7.36. The fraction of sp³-hybridized carbons (Fsp3) is 0.674. The SMILES string of the molecule is CCC[CH2][Sn](/[CH]=C/[C@]1(C)C[C@H](C)C=C[C@@H]1/C=C(C)/C=C/[C@@H](C)[C@@H](O)[C@H](C)[C@H](OC(=O)/C=C/C=C(/C)I)[C@@H](C)NC(C)=O)([CH2]CCC)[CH2]CCC. The fourth-order valence-corrected chi connectivity index (χ4v) is 22.3. The molecular weight excluding hydrogens is 840 g/mol. The summed E-state index contributed by atoms with van der Waals surface area (Å²) in [6.07, 6.45) is 26.6. The van der Waals surface area contributed by atoms with E-state index in [0.717, 1.165) is 10.0 Å². The molecule has 5 nitrogen and oxygen atoms in total. The molecule has 1 aliphatic rings. The van der Waals surface area contributed by atoms with Crippen LogP contribution in [0.25, 0.3) is 0 Å². The van der Waals surface area contributed by atoms with Gasteiger partial charge in [-0.3, -0.25) is 4.79 Å². The summed E-state index contributed by atoms with van der Waals surface area (Å²) >= 11 is -0.255. The molecule has 1 aliphatic carbocycles. The van der Waals surface area contributed by atoms with Gasteiger partial charge >= 0.3 is 231 Å². The Hall–Kier alpha value is -1.13. The van der Waals surface area contributed by atoms with Crippen LogP contribution in [-0.4, -0.2) is 53.6 Å². The molecule has 284 valence electrons. The Balaban J connectivity index is 3.28. The van der Waals surface area contributed by atoms with E-state index in [2.05, 4.69) is 110 Å². The van der Waals surface area contributed by atoms with Crippen LogP contribution in [0.5, 0.6) is 0 Å². The van der Waals surface area contributed by atoms with Crippen LogP contribution in [0.15, 0.2) is 67.9 Å². The first-order valence-corrected chi connectivity index (χ1v) is 28.2. The zero-order valence-corrected chi connectivity index (χ0v) is 38.4. The summed E-state index contributed by atoms with van der Waals surface area (Å²) < 4.78 is 14.2. The predicted molar refractivity (Wildman–Crippen MR) is 226 cm³/mol. The number of amides is 1. The normalized spacial score (nSPS) is 23.7. The van der Waals surface area contributed by atoms with Crippen molar-refractivity contribution >= 4 is 52.8 Å². The standard InChI is InChI=1S/C31H45INO4.3C4H9.Sn/c1-10-31(9)19-21(3)15-17-27(31)18-20(2)14-16-22(4)29(36)24(6)30(25(7)33-26(8)34)37-28(35)13-11-12-23(5)32;3*1-3-4-2;/h1,10-18,21-22,24-25,27,29-30,36H,19H2,2-9H3,(H,33,34);3*1,3-4H2,2H3;/b10-1?,13-11+,16-14+,20-18+,23-12-;;;;/t21-,22-,24+,25-,27-,29-,30+,31-;;;;/m1..../s1. The van der Waals surface area contributed by atoms with Gasteiger partial charge in [0.15, 0.2) is 0 Å². The molecule has 0 aromatic heterocycles. The van der Waals surface area contributed by atoms with Gasteiger partial charge in [-0.2, -0.15) is 0 Å². The van der Waals surface area contributed by atoms with Crippen molar-refractivity contribution in [3.63, 3.8) is 0 Å². The molecule has 7 heteroatoms. The van der Waals surface area contributed by atoms with Crippen LogP contribution in [0.1, 0.15) is 121 Å². The van der Waals surface area contributed by atoms with E-state index in [1.165, 1.54) is 70.4 Å². The zero-order chi connectivity index (χ0) is 37.9. The first-order chi connectivity index (χ1) is 23.5. The van der Waals surface area contributed by atoms with E-state index in [1.807, 2.05) is 33.8 Å². The van der Waals surface area contributed by atoms with Gasteiger partial charge in [-0.05, 0) is 40.0 Å². The van der Waals surface area contributed by atoms with Crippen LogP contribution in [0.4, 0.5) is 0 Å². The molecule has 50 heavy (non-hydrogen) atoms. The number of ether oxygens (including phenoxy) is 1. The number of carbonyl (C=O) groups excluding carboxylic acids is 2. The molecule has 2 N–H and O–H groups in total. The average molecular weight is 913 g/mol. The Kier molecular flexibility index (Phi) is 22.7. The van der Waals surface area contributed by atoms with Gasteiger partial charge in [0.05, 0.1) is 6.04 Å². The van der Waals surface area contributed by atoms with Crippen molar-refractivity contribution in [1.82, 2.24) is 5.32 Å². The van der Waals surface area contributed by atoms with Gasteiger partial charge in [0.1, 0.15) is 0 Å². The predicted octanol–water partition coefficient (Wildman–Crippen LogP) is 11.6. The van der Waals surface area contributed by atoms with Crippen LogP contribution < -0.4 is 5.32 Å². The first-order valence-electron chi connectivity index (χ1n) is 19.4. The molecule has 0 saturated heterocycles. The second-order valence-electron chi connectivity index (χ2n) is 15.6. The zero-order valence-electron chi connectivity index (χ0n) is 33.4. The molecule has 0 bridgehead atoms. The second-order valence-corrected chi connectivity index (χ2v) is 30.3. The minimum atomic E-state index is -2.43. The van der Waals surface area contributed by atoms with E-state index in [4.69, 9.17) is 4.74 Å². The number of carbonyl (C=O) groups is 2. The van der Waals surface area contributed by atoms with Crippen molar-refractivity contribution in [2.45, 2.75) is 153 Å². The van der Waals surface area contributed by atoms with Crippen LogP contribution in [0.2, 0.25) is 13.3 Å². The van der Waals surface area contributed by atoms with Gasteiger partial charge in [0, 0.05) is 13.0 Å². The summed E-state index contributed by atoms with van der Waals surface area (Å²) in [5.74, 6) is -0.465. The van der Waals surface area contributed by atoms with Crippen molar-refractivity contribution in [2.75, 3.05) is 0 Å². The summed E-state index contributed by atoms with van der Waals surface area (Å²) in [7, 11) is 0. The quantitative estimate of drug-likeness (QED) is 0.0283. The Labute approximate surface area is 325 Å². The van der Waals surface area contributed by atoms with E-state index in [1.54, 1.807) is 6.08 Å².